The summed E-state index contributed by atoms with van der Waals surface area (Å²) < 4.78 is 0. The summed E-state index contributed by atoms with van der Waals surface area (Å²) in [6, 6.07) is 13.2. The molecule has 2 aromatic carbocycles. The van der Waals surface area contributed by atoms with Crippen molar-refractivity contribution in [1.82, 2.24) is 0 Å². The fourth-order valence-corrected chi connectivity index (χ4v) is 3.38. The van der Waals surface area contributed by atoms with Crippen molar-refractivity contribution in [2.75, 3.05) is 0 Å². The van der Waals surface area contributed by atoms with Gasteiger partial charge in [-0.3, -0.25) is 0 Å². The molecule has 3 rings (SSSR count). The van der Waals surface area contributed by atoms with Crippen LogP contribution in [0.15, 0.2) is 36.4 Å². The maximum atomic E-state index is 6.02. The summed E-state index contributed by atoms with van der Waals surface area (Å²) in [7, 11) is 0. The van der Waals surface area contributed by atoms with Crippen LogP contribution in [0.1, 0.15) is 49.1 Å². The van der Waals surface area contributed by atoms with Gasteiger partial charge in [0, 0.05) is 6.54 Å². The van der Waals surface area contributed by atoms with E-state index in [-0.39, 0.29) is 0 Å². The largest absolute Gasteiger partial charge is 0.326 e. The zero-order valence-electron chi connectivity index (χ0n) is 10.9. The van der Waals surface area contributed by atoms with Gasteiger partial charge in [0.1, 0.15) is 0 Å². The van der Waals surface area contributed by atoms with Gasteiger partial charge >= 0.3 is 0 Å². The molecule has 0 aliphatic heterocycles. The van der Waals surface area contributed by atoms with Crippen LogP contribution in [0, 0.1) is 0 Å². The SMILES string of the molecule is NCc1c(C2CCCCC2)ccc2ccccc12. The van der Waals surface area contributed by atoms with Crippen LogP contribution in [0.4, 0.5) is 0 Å². The van der Waals surface area contributed by atoms with Crippen LogP contribution in [0.5, 0.6) is 0 Å². The molecular weight excluding hydrogens is 218 g/mol. The van der Waals surface area contributed by atoms with Crippen molar-refractivity contribution >= 4 is 10.8 Å². The summed E-state index contributed by atoms with van der Waals surface area (Å²) in [5, 5.41) is 2.67. The van der Waals surface area contributed by atoms with Crippen molar-refractivity contribution in [3.8, 4) is 0 Å². The first kappa shape index (κ1) is 11.7. The molecule has 0 radical (unpaired) electrons. The predicted molar refractivity (Wildman–Crippen MR) is 77.7 cm³/mol. The predicted octanol–water partition coefficient (Wildman–Crippen LogP) is 4.35. The van der Waals surface area contributed by atoms with E-state index in [4.69, 9.17) is 5.73 Å². The van der Waals surface area contributed by atoms with Gasteiger partial charge in [-0.05, 0) is 40.7 Å². The zero-order chi connectivity index (χ0) is 12.4. The Bertz CT molecular complexity index is 538. The standard InChI is InChI=1S/C17H21N/c18-12-17-15-9-5-4-8-14(15)10-11-16(17)13-6-2-1-3-7-13/h4-5,8-11,13H,1-3,6-7,12,18H2. The Hall–Kier alpha value is -1.34. The van der Waals surface area contributed by atoms with Gasteiger partial charge in [0.2, 0.25) is 0 Å². The van der Waals surface area contributed by atoms with Gasteiger partial charge in [-0.25, -0.2) is 0 Å². The summed E-state index contributed by atoms with van der Waals surface area (Å²) in [6.07, 6.45) is 6.84. The van der Waals surface area contributed by atoms with Gasteiger partial charge in [-0.1, -0.05) is 55.7 Å². The Morgan fingerprint density at radius 1 is 0.944 bits per heavy atom. The molecule has 1 fully saturated rings. The highest BCUT2D eigenvalue weighted by Crippen LogP contribution is 2.36. The van der Waals surface area contributed by atoms with Gasteiger partial charge in [0.15, 0.2) is 0 Å². The summed E-state index contributed by atoms with van der Waals surface area (Å²) in [5.74, 6) is 0.738. The molecule has 1 aliphatic carbocycles. The Morgan fingerprint density at radius 2 is 1.72 bits per heavy atom. The second-order valence-electron chi connectivity index (χ2n) is 5.39. The fraction of sp³-hybridized carbons (Fsp3) is 0.412. The van der Waals surface area contributed by atoms with Crippen molar-refractivity contribution < 1.29 is 0 Å². The maximum absolute atomic E-state index is 6.02. The Balaban J connectivity index is 2.10. The summed E-state index contributed by atoms with van der Waals surface area (Å²) in [6.45, 7) is 0.660. The lowest BCUT2D eigenvalue weighted by molar-refractivity contribution is 0.442. The maximum Gasteiger partial charge on any atom is 0.0187 e. The van der Waals surface area contributed by atoms with E-state index < -0.39 is 0 Å². The molecule has 0 amide bonds. The molecule has 1 heteroatoms. The third-order valence-corrected chi connectivity index (χ3v) is 4.33. The molecule has 0 aromatic heterocycles. The van der Waals surface area contributed by atoms with E-state index in [0.29, 0.717) is 6.54 Å². The lowest BCUT2D eigenvalue weighted by atomic mass is 9.81. The molecule has 0 bridgehead atoms. The lowest BCUT2D eigenvalue weighted by Crippen LogP contribution is -2.10. The highest BCUT2D eigenvalue weighted by atomic mass is 14.5. The molecule has 0 atom stereocenters. The molecule has 94 valence electrons. The minimum Gasteiger partial charge on any atom is -0.326 e. The number of nitrogens with two attached hydrogens (primary N) is 1. The van der Waals surface area contributed by atoms with Gasteiger partial charge in [-0.15, -0.1) is 0 Å². The Morgan fingerprint density at radius 3 is 2.50 bits per heavy atom. The van der Waals surface area contributed by atoms with E-state index in [9.17, 15) is 0 Å². The number of fused-ring (bicyclic) bond motifs is 1. The molecule has 18 heavy (non-hydrogen) atoms. The van der Waals surface area contributed by atoms with Crippen molar-refractivity contribution in [3.05, 3.63) is 47.5 Å². The van der Waals surface area contributed by atoms with Crippen molar-refractivity contribution in [2.24, 2.45) is 5.73 Å². The monoisotopic (exact) mass is 239 g/mol. The second-order valence-corrected chi connectivity index (χ2v) is 5.39. The molecule has 1 nitrogen and oxygen atoms in total. The second kappa shape index (κ2) is 5.11. The highest BCUT2D eigenvalue weighted by molar-refractivity contribution is 5.87. The van der Waals surface area contributed by atoms with E-state index in [1.54, 1.807) is 0 Å². The van der Waals surface area contributed by atoms with Gasteiger partial charge in [-0.2, -0.15) is 0 Å². The van der Waals surface area contributed by atoms with Crippen LogP contribution < -0.4 is 5.73 Å². The van der Waals surface area contributed by atoms with Crippen molar-refractivity contribution in [3.63, 3.8) is 0 Å². The van der Waals surface area contributed by atoms with Crippen LogP contribution in [-0.2, 0) is 6.54 Å². The number of hydrogen-bond acceptors (Lipinski definition) is 1. The molecule has 0 spiro atoms. The molecule has 2 aromatic rings. The average molecular weight is 239 g/mol. The van der Waals surface area contributed by atoms with E-state index >= 15 is 0 Å². The van der Waals surface area contributed by atoms with E-state index in [1.165, 1.54) is 54.0 Å². The summed E-state index contributed by atoms with van der Waals surface area (Å²) in [4.78, 5) is 0. The van der Waals surface area contributed by atoms with Crippen molar-refractivity contribution in [1.29, 1.82) is 0 Å². The third-order valence-electron chi connectivity index (χ3n) is 4.33. The first-order valence-corrected chi connectivity index (χ1v) is 7.11. The number of benzene rings is 2. The molecule has 1 aliphatic rings. The molecule has 0 heterocycles. The van der Waals surface area contributed by atoms with Crippen LogP contribution >= 0.6 is 0 Å². The summed E-state index contributed by atoms with van der Waals surface area (Å²) >= 11 is 0. The molecule has 0 unspecified atom stereocenters. The quantitative estimate of drug-likeness (QED) is 0.828. The van der Waals surface area contributed by atoms with Gasteiger partial charge in [0.25, 0.3) is 0 Å². The van der Waals surface area contributed by atoms with E-state index in [1.807, 2.05) is 0 Å². The fourth-order valence-electron chi connectivity index (χ4n) is 3.38. The molecular formula is C17H21N. The highest BCUT2D eigenvalue weighted by Gasteiger charge is 2.18. The van der Waals surface area contributed by atoms with E-state index in [0.717, 1.165) is 5.92 Å². The van der Waals surface area contributed by atoms with Gasteiger partial charge in [0.05, 0.1) is 0 Å². The third kappa shape index (κ3) is 2.04. The van der Waals surface area contributed by atoms with Crippen molar-refractivity contribution in [2.45, 2.75) is 44.6 Å². The number of rotatable bonds is 2. The molecule has 2 N–H and O–H groups in total. The van der Waals surface area contributed by atoms with Crippen LogP contribution in [0.2, 0.25) is 0 Å². The topological polar surface area (TPSA) is 26.0 Å². The lowest BCUT2D eigenvalue weighted by Gasteiger charge is -2.25. The normalized spacial score (nSPS) is 17.2. The Kier molecular flexibility index (Phi) is 3.33. The average Bonchev–Trinajstić information content (AvgIpc) is 2.47. The van der Waals surface area contributed by atoms with Gasteiger partial charge < -0.3 is 5.73 Å². The Labute approximate surface area is 109 Å². The first-order valence-electron chi connectivity index (χ1n) is 7.11. The molecule has 1 saturated carbocycles. The first-order chi connectivity index (χ1) is 8.90. The summed E-state index contributed by atoms with van der Waals surface area (Å²) in [5.41, 5.74) is 8.91. The number of hydrogen-bond donors (Lipinski definition) is 1. The molecule has 0 saturated heterocycles. The minimum atomic E-state index is 0.660. The van der Waals surface area contributed by atoms with Crippen LogP contribution in [0.25, 0.3) is 10.8 Å². The minimum absolute atomic E-state index is 0.660. The van der Waals surface area contributed by atoms with Crippen LogP contribution in [-0.4, -0.2) is 0 Å². The zero-order valence-corrected chi connectivity index (χ0v) is 10.9. The van der Waals surface area contributed by atoms with Crippen LogP contribution in [0.3, 0.4) is 0 Å². The van der Waals surface area contributed by atoms with E-state index in [2.05, 4.69) is 36.4 Å². The smallest absolute Gasteiger partial charge is 0.0187 e.